The molecule has 1 saturated heterocycles. The molecule has 5 heteroatoms. The van der Waals surface area contributed by atoms with Crippen molar-refractivity contribution in [1.29, 1.82) is 0 Å². The zero-order chi connectivity index (χ0) is 17.3. The standard InChI is InChI=1S/C19H29N5/c1-14-6-8-16(9-7-14)17(23-12-10-15(2)11-13-23)18-20-21-22-24(18)19(3,4)5/h6-9,15,17H,10-13H2,1-5H3/p+1/t17-/m1/s1. The lowest BCUT2D eigenvalue weighted by molar-refractivity contribution is -0.932. The Morgan fingerprint density at radius 3 is 2.33 bits per heavy atom. The summed E-state index contributed by atoms with van der Waals surface area (Å²) < 4.78 is 2.00. The molecule has 130 valence electrons. The lowest BCUT2D eigenvalue weighted by atomic mass is 9.94. The highest BCUT2D eigenvalue weighted by Crippen LogP contribution is 2.23. The van der Waals surface area contributed by atoms with Gasteiger partial charge in [0.25, 0.3) is 0 Å². The highest BCUT2D eigenvalue weighted by molar-refractivity contribution is 5.26. The molecule has 1 fully saturated rings. The van der Waals surface area contributed by atoms with Crippen molar-refractivity contribution in [2.75, 3.05) is 13.1 Å². The van der Waals surface area contributed by atoms with E-state index in [0.717, 1.165) is 11.7 Å². The van der Waals surface area contributed by atoms with Crippen LogP contribution in [0.2, 0.25) is 0 Å². The van der Waals surface area contributed by atoms with Gasteiger partial charge in [-0.15, -0.1) is 5.10 Å². The van der Waals surface area contributed by atoms with Gasteiger partial charge in [0.15, 0.2) is 6.04 Å². The third-order valence-electron chi connectivity index (χ3n) is 5.12. The number of likely N-dealkylation sites (tertiary alicyclic amines) is 1. The molecule has 0 saturated carbocycles. The minimum Gasteiger partial charge on any atom is -0.322 e. The Morgan fingerprint density at radius 2 is 1.75 bits per heavy atom. The lowest BCUT2D eigenvalue weighted by Crippen LogP contribution is -3.13. The number of aromatic nitrogens is 4. The Labute approximate surface area is 145 Å². The number of rotatable bonds is 3. The molecule has 0 bridgehead atoms. The lowest BCUT2D eigenvalue weighted by Gasteiger charge is -2.34. The first-order valence-corrected chi connectivity index (χ1v) is 9.06. The number of quaternary nitrogens is 1. The van der Waals surface area contributed by atoms with E-state index in [1.807, 2.05) is 4.68 Å². The minimum atomic E-state index is -0.121. The Morgan fingerprint density at radius 1 is 1.12 bits per heavy atom. The first-order valence-electron chi connectivity index (χ1n) is 9.06. The normalized spacial score (nSPS) is 23.2. The van der Waals surface area contributed by atoms with E-state index < -0.39 is 0 Å². The fourth-order valence-electron chi connectivity index (χ4n) is 3.60. The summed E-state index contributed by atoms with van der Waals surface area (Å²) in [6.45, 7) is 13.3. The maximum Gasteiger partial charge on any atom is 0.214 e. The van der Waals surface area contributed by atoms with Crippen LogP contribution in [-0.4, -0.2) is 33.3 Å². The molecule has 0 aliphatic carbocycles. The molecule has 24 heavy (non-hydrogen) atoms. The fraction of sp³-hybridized carbons (Fsp3) is 0.632. The maximum atomic E-state index is 4.46. The zero-order valence-electron chi connectivity index (χ0n) is 15.6. The minimum absolute atomic E-state index is 0.121. The fourth-order valence-corrected chi connectivity index (χ4v) is 3.60. The third kappa shape index (κ3) is 3.51. The smallest absolute Gasteiger partial charge is 0.214 e. The number of nitrogens with one attached hydrogen (secondary N) is 1. The van der Waals surface area contributed by atoms with E-state index in [1.54, 1.807) is 4.90 Å². The Bertz CT molecular complexity index is 660. The van der Waals surface area contributed by atoms with Crippen LogP contribution in [0.15, 0.2) is 24.3 Å². The van der Waals surface area contributed by atoms with Gasteiger partial charge in [-0.1, -0.05) is 36.8 Å². The molecule has 5 nitrogen and oxygen atoms in total. The van der Waals surface area contributed by atoms with E-state index in [-0.39, 0.29) is 11.6 Å². The molecule has 1 aliphatic heterocycles. The van der Waals surface area contributed by atoms with Crippen LogP contribution in [0.1, 0.15) is 63.5 Å². The highest BCUT2D eigenvalue weighted by Gasteiger charge is 2.35. The van der Waals surface area contributed by atoms with E-state index in [0.29, 0.717) is 0 Å². The molecule has 0 unspecified atom stereocenters. The van der Waals surface area contributed by atoms with Crippen LogP contribution in [0.4, 0.5) is 0 Å². The molecule has 0 amide bonds. The molecule has 1 atom stereocenters. The average Bonchev–Trinajstić information content (AvgIpc) is 3.01. The molecule has 0 radical (unpaired) electrons. The van der Waals surface area contributed by atoms with Crippen molar-refractivity contribution in [2.45, 2.75) is 59.0 Å². The van der Waals surface area contributed by atoms with Crippen molar-refractivity contribution in [3.05, 3.63) is 41.2 Å². The Hall–Kier alpha value is -1.75. The summed E-state index contributed by atoms with van der Waals surface area (Å²) >= 11 is 0. The number of hydrogen-bond acceptors (Lipinski definition) is 3. The molecular formula is C19H30N5+. The largest absolute Gasteiger partial charge is 0.322 e. The quantitative estimate of drug-likeness (QED) is 0.939. The Kier molecular flexibility index (Phi) is 4.72. The van der Waals surface area contributed by atoms with Gasteiger partial charge in [-0.3, -0.25) is 0 Å². The van der Waals surface area contributed by atoms with Crippen molar-refractivity contribution >= 4 is 0 Å². The van der Waals surface area contributed by atoms with Crippen LogP contribution in [0.25, 0.3) is 0 Å². The zero-order valence-corrected chi connectivity index (χ0v) is 15.6. The monoisotopic (exact) mass is 328 g/mol. The van der Waals surface area contributed by atoms with Gasteiger partial charge in [0.1, 0.15) is 0 Å². The van der Waals surface area contributed by atoms with Gasteiger partial charge in [-0.2, -0.15) is 0 Å². The molecular weight excluding hydrogens is 298 g/mol. The van der Waals surface area contributed by atoms with Crippen LogP contribution in [0.5, 0.6) is 0 Å². The van der Waals surface area contributed by atoms with Gasteiger partial charge in [-0.05, 0) is 56.9 Å². The summed E-state index contributed by atoms with van der Waals surface area (Å²) in [4.78, 5) is 1.58. The number of aryl methyl sites for hydroxylation is 1. The number of piperidine rings is 1. The molecule has 2 heterocycles. The van der Waals surface area contributed by atoms with E-state index in [9.17, 15) is 0 Å². The second-order valence-electron chi connectivity index (χ2n) is 8.30. The molecule has 2 aromatic rings. The highest BCUT2D eigenvalue weighted by atomic mass is 15.6. The van der Waals surface area contributed by atoms with Crippen LogP contribution in [0, 0.1) is 12.8 Å². The van der Waals surface area contributed by atoms with Gasteiger partial charge in [0.2, 0.25) is 5.82 Å². The second-order valence-corrected chi connectivity index (χ2v) is 8.30. The molecule has 1 aromatic heterocycles. The van der Waals surface area contributed by atoms with E-state index in [2.05, 4.69) is 74.4 Å². The molecule has 1 N–H and O–H groups in total. The topological polar surface area (TPSA) is 48.0 Å². The van der Waals surface area contributed by atoms with Gasteiger partial charge in [0, 0.05) is 5.56 Å². The second kappa shape index (κ2) is 6.63. The first-order chi connectivity index (χ1) is 11.4. The number of tetrazole rings is 1. The van der Waals surface area contributed by atoms with Crippen molar-refractivity contribution in [1.82, 2.24) is 20.2 Å². The van der Waals surface area contributed by atoms with Crippen LogP contribution in [0.3, 0.4) is 0 Å². The van der Waals surface area contributed by atoms with Gasteiger partial charge < -0.3 is 4.90 Å². The summed E-state index contributed by atoms with van der Waals surface area (Å²) in [5.74, 6) is 1.81. The number of benzene rings is 1. The summed E-state index contributed by atoms with van der Waals surface area (Å²) in [6, 6.07) is 9.07. The van der Waals surface area contributed by atoms with Crippen LogP contribution >= 0.6 is 0 Å². The maximum absolute atomic E-state index is 4.46. The first kappa shape index (κ1) is 17.1. The van der Waals surface area contributed by atoms with Gasteiger partial charge >= 0.3 is 0 Å². The van der Waals surface area contributed by atoms with Crippen molar-refractivity contribution in [3.8, 4) is 0 Å². The predicted molar refractivity (Wildman–Crippen MR) is 94.9 cm³/mol. The third-order valence-corrected chi connectivity index (χ3v) is 5.12. The van der Waals surface area contributed by atoms with Crippen molar-refractivity contribution < 1.29 is 4.90 Å². The van der Waals surface area contributed by atoms with E-state index >= 15 is 0 Å². The predicted octanol–water partition coefficient (Wildman–Crippen LogP) is 2.14. The van der Waals surface area contributed by atoms with E-state index in [4.69, 9.17) is 0 Å². The van der Waals surface area contributed by atoms with Crippen LogP contribution in [-0.2, 0) is 5.54 Å². The molecule has 1 aliphatic rings. The van der Waals surface area contributed by atoms with Crippen molar-refractivity contribution in [2.24, 2.45) is 5.92 Å². The van der Waals surface area contributed by atoms with Crippen molar-refractivity contribution in [3.63, 3.8) is 0 Å². The average molecular weight is 328 g/mol. The number of hydrogen-bond donors (Lipinski definition) is 1. The summed E-state index contributed by atoms with van der Waals surface area (Å²) in [5.41, 5.74) is 2.48. The molecule has 1 aromatic carbocycles. The molecule has 0 spiro atoms. The van der Waals surface area contributed by atoms with Gasteiger partial charge in [0.05, 0.1) is 18.6 Å². The van der Waals surface area contributed by atoms with E-state index in [1.165, 1.54) is 37.1 Å². The summed E-state index contributed by atoms with van der Waals surface area (Å²) in [5, 5.41) is 12.8. The molecule has 3 rings (SSSR count). The summed E-state index contributed by atoms with van der Waals surface area (Å²) in [7, 11) is 0. The van der Waals surface area contributed by atoms with Gasteiger partial charge in [-0.25, -0.2) is 4.68 Å². The summed E-state index contributed by atoms with van der Waals surface area (Å²) in [6.07, 6.45) is 2.55. The van der Waals surface area contributed by atoms with Crippen LogP contribution < -0.4 is 4.90 Å². The Balaban J connectivity index is 2.02. The SMILES string of the molecule is Cc1ccc([C@H](c2nnnn2C(C)(C)C)[NH+]2CCC(C)CC2)cc1. The number of nitrogens with zero attached hydrogens (tertiary/aromatic N) is 4.